The molecule has 1 heterocycles. The second kappa shape index (κ2) is 8.22. The van der Waals surface area contributed by atoms with Crippen molar-refractivity contribution in [2.45, 2.75) is 44.7 Å². The summed E-state index contributed by atoms with van der Waals surface area (Å²) in [6.45, 7) is 3.10. The third-order valence-electron chi connectivity index (χ3n) is 3.54. The number of rotatable bonds is 4. The van der Waals surface area contributed by atoms with Gasteiger partial charge in [-0.1, -0.05) is 12.1 Å². The van der Waals surface area contributed by atoms with E-state index in [4.69, 9.17) is 0 Å². The van der Waals surface area contributed by atoms with Gasteiger partial charge in [0.15, 0.2) is 0 Å². The molecular weight excluding hydrogens is 279 g/mol. The second-order valence-electron chi connectivity index (χ2n) is 5.27. The lowest BCUT2D eigenvalue weighted by molar-refractivity contribution is -0.122. The number of nitrogens with one attached hydrogen (secondary N) is 2. The first-order valence-corrected chi connectivity index (χ1v) is 6.90. The lowest BCUT2D eigenvalue weighted by Gasteiger charge is -2.28. The van der Waals surface area contributed by atoms with Crippen LogP contribution in [0.15, 0.2) is 24.3 Å². The quantitative estimate of drug-likeness (QED) is 0.897. The van der Waals surface area contributed by atoms with E-state index in [2.05, 4.69) is 17.6 Å². The van der Waals surface area contributed by atoms with E-state index in [1.807, 2.05) is 0 Å². The standard InChI is InChI=1S/C15H21FN2O.ClH/c1-11-10-14(8-9-17-11)18-15(19)7-4-12-2-5-13(16)6-3-12;/h2-3,5-6,11,14,17H,4,7-10H2,1H3,(H,18,19);1H. The summed E-state index contributed by atoms with van der Waals surface area (Å²) in [4.78, 5) is 11.9. The van der Waals surface area contributed by atoms with Crippen LogP contribution in [0.3, 0.4) is 0 Å². The van der Waals surface area contributed by atoms with E-state index in [1.165, 1.54) is 12.1 Å². The molecule has 0 aromatic heterocycles. The summed E-state index contributed by atoms with van der Waals surface area (Å²) in [6.07, 6.45) is 3.10. The summed E-state index contributed by atoms with van der Waals surface area (Å²) in [7, 11) is 0. The summed E-state index contributed by atoms with van der Waals surface area (Å²) in [5.41, 5.74) is 0.996. The maximum Gasteiger partial charge on any atom is 0.220 e. The van der Waals surface area contributed by atoms with Crippen LogP contribution in [-0.4, -0.2) is 24.5 Å². The smallest absolute Gasteiger partial charge is 0.220 e. The van der Waals surface area contributed by atoms with Crippen LogP contribution in [0.1, 0.15) is 31.7 Å². The SMILES string of the molecule is CC1CC(NC(=O)CCc2ccc(F)cc2)CCN1.Cl. The number of carbonyl (C=O) groups is 1. The van der Waals surface area contributed by atoms with E-state index in [0.717, 1.165) is 24.9 Å². The zero-order chi connectivity index (χ0) is 13.7. The van der Waals surface area contributed by atoms with Crippen molar-refractivity contribution in [3.63, 3.8) is 0 Å². The predicted octanol–water partition coefficient (Wildman–Crippen LogP) is 2.44. The molecule has 0 saturated carbocycles. The van der Waals surface area contributed by atoms with Crippen LogP contribution in [-0.2, 0) is 11.2 Å². The molecule has 3 nitrogen and oxygen atoms in total. The molecule has 2 N–H and O–H groups in total. The predicted molar refractivity (Wildman–Crippen MR) is 80.6 cm³/mol. The highest BCUT2D eigenvalue weighted by Gasteiger charge is 2.19. The molecule has 1 amide bonds. The Morgan fingerprint density at radius 1 is 1.40 bits per heavy atom. The van der Waals surface area contributed by atoms with Gasteiger partial charge in [0, 0.05) is 18.5 Å². The van der Waals surface area contributed by atoms with E-state index < -0.39 is 0 Å². The summed E-state index contributed by atoms with van der Waals surface area (Å²) < 4.78 is 12.7. The number of amides is 1. The lowest BCUT2D eigenvalue weighted by Crippen LogP contribution is -2.46. The van der Waals surface area contributed by atoms with E-state index in [-0.39, 0.29) is 30.2 Å². The van der Waals surface area contributed by atoms with Crippen LogP contribution in [0.5, 0.6) is 0 Å². The molecule has 5 heteroatoms. The minimum atomic E-state index is -0.239. The van der Waals surface area contributed by atoms with E-state index >= 15 is 0 Å². The molecule has 1 fully saturated rings. The summed E-state index contributed by atoms with van der Waals surface area (Å²) in [6, 6.07) is 7.08. The highest BCUT2D eigenvalue weighted by molar-refractivity contribution is 5.85. The van der Waals surface area contributed by atoms with Gasteiger partial charge in [-0.15, -0.1) is 12.4 Å². The molecule has 1 saturated heterocycles. The second-order valence-corrected chi connectivity index (χ2v) is 5.27. The Hall–Kier alpha value is -1.13. The van der Waals surface area contributed by atoms with Gasteiger partial charge in [-0.05, 0) is 50.4 Å². The molecule has 1 aromatic carbocycles. The van der Waals surface area contributed by atoms with Crippen molar-refractivity contribution in [1.29, 1.82) is 0 Å². The zero-order valence-corrected chi connectivity index (χ0v) is 12.5. The third kappa shape index (κ3) is 5.47. The van der Waals surface area contributed by atoms with E-state index in [0.29, 0.717) is 18.9 Å². The van der Waals surface area contributed by atoms with Gasteiger partial charge in [-0.25, -0.2) is 4.39 Å². The normalized spacial score (nSPS) is 21.9. The molecule has 2 unspecified atom stereocenters. The van der Waals surface area contributed by atoms with Crippen LogP contribution >= 0.6 is 12.4 Å². The third-order valence-corrected chi connectivity index (χ3v) is 3.54. The lowest BCUT2D eigenvalue weighted by atomic mass is 10.0. The monoisotopic (exact) mass is 300 g/mol. The van der Waals surface area contributed by atoms with Gasteiger partial charge in [-0.2, -0.15) is 0 Å². The topological polar surface area (TPSA) is 41.1 Å². The van der Waals surface area contributed by atoms with E-state index in [1.54, 1.807) is 12.1 Å². The molecule has 112 valence electrons. The Balaban J connectivity index is 0.00000200. The van der Waals surface area contributed by atoms with Crippen LogP contribution in [0.2, 0.25) is 0 Å². The van der Waals surface area contributed by atoms with Crippen molar-refractivity contribution < 1.29 is 9.18 Å². The highest BCUT2D eigenvalue weighted by Crippen LogP contribution is 2.09. The van der Waals surface area contributed by atoms with Crippen LogP contribution < -0.4 is 10.6 Å². The Kier molecular flexibility index (Phi) is 6.96. The van der Waals surface area contributed by atoms with Crippen LogP contribution in [0, 0.1) is 5.82 Å². The average Bonchev–Trinajstić information content (AvgIpc) is 2.38. The van der Waals surface area contributed by atoms with Gasteiger partial charge < -0.3 is 10.6 Å². The first-order valence-electron chi connectivity index (χ1n) is 6.90. The van der Waals surface area contributed by atoms with Gasteiger partial charge in [0.1, 0.15) is 5.82 Å². The van der Waals surface area contributed by atoms with Gasteiger partial charge in [0.05, 0.1) is 0 Å². The highest BCUT2D eigenvalue weighted by atomic mass is 35.5. The fourth-order valence-corrected chi connectivity index (χ4v) is 2.47. The van der Waals surface area contributed by atoms with Gasteiger partial charge in [-0.3, -0.25) is 4.79 Å². The van der Waals surface area contributed by atoms with Crippen molar-refractivity contribution in [2.75, 3.05) is 6.54 Å². The average molecular weight is 301 g/mol. The Labute approximate surface area is 125 Å². The Bertz CT molecular complexity index is 424. The molecule has 0 spiro atoms. The van der Waals surface area contributed by atoms with Gasteiger partial charge >= 0.3 is 0 Å². The molecule has 2 rings (SSSR count). The maximum atomic E-state index is 12.7. The maximum absolute atomic E-state index is 12.7. The minimum Gasteiger partial charge on any atom is -0.353 e. The molecule has 20 heavy (non-hydrogen) atoms. The van der Waals surface area contributed by atoms with Crippen molar-refractivity contribution in [2.24, 2.45) is 0 Å². The van der Waals surface area contributed by atoms with Crippen molar-refractivity contribution in [3.05, 3.63) is 35.6 Å². The van der Waals surface area contributed by atoms with Crippen molar-refractivity contribution in [1.82, 2.24) is 10.6 Å². The van der Waals surface area contributed by atoms with Crippen molar-refractivity contribution in [3.8, 4) is 0 Å². The Morgan fingerprint density at radius 3 is 2.75 bits per heavy atom. The largest absolute Gasteiger partial charge is 0.353 e. The summed E-state index contributed by atoms with van der Waals surface area (Å²) in [5, 5.41) is 6.44. The minimum absolute atomic E-state index is 0. The fraction of sp³-hybridized carbons (Fsp3) is 0.533. The number of hydrogen-bond donors (Lipinski definition) is 2. The molecule has 0 aliphatic carbocycles. The van der Waals surface area contributed by atoms with Crippen molar-refractivity contribution >= 4 is 18.3 Å². The molecule has 0 bridgehead atoms. The van der Waals surface area contributed by atoms with Crippen LogP contribution in [0.25, 0.3) is 0 Å². The number of hydrogen-bond acceptors (Lipinski definition) is 2. The summed E-state index contributed by atoms with van der Waals surface area (Å²) >= 11 is 0. The zero-order valence-electron chi connectivity index (χ0n) is 11.7. The first-order chi connectivity index (χ1) is 9.13. The summed E-state index contributed by atoms with van der Waals surface area (Å²) in [5.74, 6) is -0.152. The number of piperidine rings is 1. The molecule has 1 aliphatic rings. The number of aryl methyl sites for hydroxylation is 1. The first kappa shape index (κ1) is 16.9. The molecule has 1 aliphatic heterocycles. The Morgan fingerprint density at radius 2 is 2.10 bits per heavy atom. The fourth-order valence-electron chi connectivity index (χ4n) is 2.47. The van der Waals surface area contributed by atoms with Crippen LogP contribution in [0.4, 0.5) is 4.39 Å². The molecule has 1 aromatic rings. The van der Waals surface area contributed by atoms with Gasteiger partial charge in [0.25, 0.3) is 0 Å². The van der Waals surface area contributed by atoms with E-state index in [9.17, 15) is 9.18 Å². The number of carbonyl (C=O) groups excluding carboxylic acids is 1. The number of halogens is 2. The number of benzene rings is 1. The van der Waals surface area contributed by atoms with Gasteiger partial charge in [0.2, 0.25) is 5.91 Å². The molecular formula is C15H22ClFN2O. The molecule has 2 atom stereocenters. The molecule has 0 radical (unpaired) electrons.